The summed E-state index contributed by atoms with van der Waals surface area (Å²) in [6.45, 7) is 18.0. The first kappa shape index (κ1) is 62.0. The third-order valence-corrected chi connectivity index (χ3v) is 12.7. The van der Waals surface area contributed by atoms with E-state index in [9.17, 15) is 24.0 Å². The molecule has 1 aliphatic rings. The number of nitrogens with one attached hydrogen (secondary N) is 3. The summed E-state index contributed by atoms with van der Waals surface area (Å²) >= 11 is 1.54. The number of thiophene rings is 1. The second kappa shape index (κ2) is 36.5. The molecule has 3 N–H and O–H groups in total. The van der Waals surface area contributed by atoms with Gasteiger partial charge in [-0.1, -0.05) is 18.6 Å². The number of unbranched alkanes of at least 4 members (excludes halogenated alkanes) is 2. The van der Waals surface area contributed by atoms with Crippen molar-refractivity contribution in [3.05, 3.63) is 53.0 Å². The second-order valence-electron chi connectivity index (χ2n) is 19.0. The van der Waals surface area contributed by atoms with Gasteiger partial charge in [-0.15, -0.1) is 11.3 Å². The first-order chi connectivity index (χ1) is 35.8. The number of benzene rings is 1. The highest BCUT2D eigenvalue weighted by molar-refractivity contribution is 7.17. The number of amides is 4. The Morgan fingerprint density at radius 3 is 1.78 bits per heavy atom. The molecular formula is C54H85N5O14S. The number of anilines is 1. The molecule has 3 aromatic rings. The lowest BCUT2D eigenvalue weighted by Crippen LogP contribution is -2.42. The molecule has 2 aromatic heterocycles. The molecule has 0 unspecified atom stereocenters. The fourth-order valence-electron chi connectivity index (χ4n) is 8.10. The summed E-state index contributed by atoms with van der Waals surface area (Å²) in [5.74, 6) is -0.640. The molecule has 1 aromatic carbocycles. The minimum absolute atomic E-state index is 0.0212. The van der Waals surface area contributed by atoms with Crippen LogP contribution in [0.25, 0.3) is 10.2 Å². The first-order valence-corrected chi connectivity index (χ1v) is 27.3. The van der Waals surface area contributed by atoms with E-state index in [1.165, 1.54) is 0 Å². The summed E-state index contributed by atoms with van der Waals surface area (Å²) in [7, 11) is 0. The summed E-state index contributed by atoms with van der Waals surface area (Å²) in [5, 5.41) is 11.1. The van der Waals surface area contributed by atoms with Crippen LogP contribution in [0.4, 0.5) is 5.69 Å². The Morgan fingerprint density at radius 1 is 0.662 bits per heavy atom. The minimum atomic E-state index is -0.488. The zero-order valence-corrected chi connectivity index (χ0v) is 45.5. The maximum absolute atomic E-state index is 13.7. The Balaban J connectivity index is 0.875. The Labute approximate surface area is 442 Å². The Kier molecular flexibility index (Phi) is 30.6. The van der Waals surface area contributed by atoms with Crippen LogP contribution in [-0.4, -0.2) is 171 Å². The molecule has 74 heavy (non-hydrogen) atoms. The van der Waals surface area contributed by atoms with Gasteiger partial charge in [0.25, 0.3) is 5.91 Å². The molecule has 4 amide bonds. The SMILES string of the molecule is CCN(C(=O)Cn1c(C(=O)NC2CCC(C(=O)NCCCCCC(=O)NCCOCCOCCOCCOCCOCCOCCOCCOCCC(=O)OC(C)(C)C)CC2)cc2sccc21)c1cccc(C)c1. The van der Waals surface area contributed by atoms with E-state index in [0.717, 1.165) is 40.7 Å². The molecule has 19 nitrogen and oxygen atoms in total. The highest BCUT2D eigenvalue weighted by atomic mass is 32.1. The number of aryl methyl sites for hydroxylation is 1. The van der Waals surface area contributed by atoms with Crippen LogP contribution in [0.2, 0.25) is 0 Å². The average molecular weight is 1060 g/mol. The van der Waals surface area contributed by atoms with Crippen LogP contribution in [0, 0.1) is 12.8 Å². The first-order valence-electron chi connectivity index (χ1n) is 26.5. The van der Waals surface area contributed by atoms with Crippen molar-refractivity contribution in [1.29, 1.82) is 0 Å². The van der Waals surface area contributed by atoms with Crippen molar-refractivity contribution in [1.82, 2.24) is 20.5 Å². The van der Waals surface area contributed by atoms with Crippen LogP contribution in [0.1, 0.15) is 102 Å². The number of carbonyl (C=O) groups excluding carboxylic acids is 5. The number of nitrogens with zero attached hydrogens (tertiary/aromatic N) is 2. The fraction of sp³-hybridized carbons (Fsp3) is 0.685. The molecule has 0 aliphatic heterocycles. The Morgan fingerprint density at radius 2 is 1.23 bits per heavy atom. The number of hydrogen-bond donors (Lipinski definition) is 3. The number of rotatable bonds is 40. The van der Waals surface area contributed by atoms with Crippen molar-refractivity contribution in [2.24, 2.45) is 5.92 Å². The van der Waals surface area contributed by atoms with Gasteiger partial charge in [0.15, 0.2) is 0 Å². The molecular weight excluding hydrogens is 975 g/mol. The molecule has 0 atom stereocenters. The third-order valence-electron chi connectivity index (χ3n) is 11.8. The fourth-order valence-corrected chi connectivity index (χ4v) is 8.92. The summed E-state index contributed by atoms with van der Waals surface area (Å²) in [6.07, 6.45) is 5.78. The van der Waals surface area contributed by atoms with Gasteiger partial charge in [-0.05, 0) is 108 Å². The van der Waals surface area contributed by atoms with Gasteiger partial charge in [0.05, 0.1) is 122 Å². The smallest absolute Gasteiger partial charge is 0.308 e. The van der Waals surface area contributed by atoms with Crippen LogP contribution in [0.15, 0.2) is 41.8 Å². The standard InChI is InChI=1S/C54H85N5O14S/c1-6-58(45-12-10-11-42(2)39-45)50(61)41-59-46-19-38-74-48(46)40-47(59)53(64)57-44-16-14-43(15-17-44)52(63)56-20-9-7-8-13-49(60)55-21-23-66-25-27-68-29-31-70-33-35-72-37-36-71-34-32-69-30-28-67-26-24-65-22-18-51(62)73-54(3,4)5/h10-12,19,38-40,43-44H,6-9,13-18,20-37,41H2,1-5H3,(H,55,60)(H,56,63)(H,57,64). The highest BCUT2D eigenvalue weighted by Gasteiger charge is 2.29. The van der Waals surface area contributed by atoms with Crippen LogP contribution < -0.4 is 20.9 Å². The van der Waals surface area contributed by atoms with Crippen molar-refractivity contribution >= 4 is 56.8 Å². The lowest BCUT2D eigenvalue weighted by atomic mass is 9.85. The van der Waals surface area contributed by atoms with E-state index in [0.29, 0.717) is 163 Å². The van der Waals surface area contributed by atoms with Crippen molar-refractivity contribution in [2.45, 2.75) is 111 Å². The minimum Gasteiger partial charge on any atom is -0.460 e. The monoisotopic (exact) mass is 1060 g/mol. The van der Waals surface area contributed by atoms with Gasteiger partial charge in [-0.25, -0.2) is 0 Å². The van der Waals surface area contributed by atoms with E-state index in [1.807, 2.05) is 81.0 Å². The number of carbonyl (C=O) groups is 5. The van der Waals surface area contributed by atoms with E-state index >= 15 is 0 Å². The number of ether oxygens (including phenoxy) is 9. The van der Waals surface area contributed by atoms with Crippen LogP contribution in [0.3, 0.4) is 0 Å². The molecule has 1 saturated carbocycles. The number of likely N-dealkylation sites (N-methyl/N-ethyl adjacent to an activating group) is 1. The quantitative estimate of drug-likeness (QED) is 0.0440. The molecule has 1 fully saturated rings. The zero-order valence-electron chi connectivity index (χ0n) is 44.7. The molecule has 416 valence electrons. The van der Waals surface area contributed by atoms with Crippen LogP contribution in [-0.2, 0) is 68.4 Å². The van der Waals surface area contributed by atoms with Gasteiger partial charge < -0.3 is 68.0 Å². The Hall–Kier alpha value is -4.51. The van der Waals surface area contributed by atoms with Crippen molar-refractivity contribution in [3.8, 4) is 0 Å². The lowest BCUT2D eigenvalue weighted by molar-refractivity contribution is -0.156. The van der Waals surface area contributed by atoms with Gasteiger partial charge in [-0.2, -0.15) is 0 Å². The van der Waals surface area contributed by atoms with E-state index in [4.69, 9.17) is 42.6 Å². The predicted molar refractivity (Wildman–Crippen MR) is 284 cm³/mol. The summed E-state index contributed by atoms with van der Waals surface area (Å²) < 4.78 is 51.9. The second-order valence-corrected chi connectivity index (χ2v) is 19.9. The predicted octanol–water partition coefficient (Wildman–Crippen LogP) is 6.01. The number of fused-ring (bicyclic) bond motifs is 1. The van der Waals surface area contributed by atoms with Crippen molar-refractivity contribution in [2.75, 3.05) is 130 Å². The summed E-state index contributed by atoms with van der Waals surface area (Å²) in [5.41, 5.74) is 2.76. The molecule has 4 rings (SSSR count). The van der Waals surface area contributed by atoms with Gasteiger partial charge >= 0.3 is 5.97 Å². The van der Waals surface area contributed by atoms with E-state index in [-0.39, 0.29) is 54.5 Å². The van der Waals surface area contributed by atoms with Gasteiger partial charge in [0, 0.05) is 43.7 Å². The molecule has 20 heteroatoms. The maximum atomic E-state index is 13.7. The summed E-state index contributed by atoms with van der Waals surface area (Å²) in [6, 6.07) is 11.6. The molecule has 0 radical (unpaired) electrons. The Bertz CT molecular complexity index is 2070. The largest absolute Gasteiger partial charge is 0.460 e. The van der Waals surface area contributed by atoms with Gasteiger partial charge in [0.1, 0.15) is 17.8 Å². The van der Waals surface area contributed by atoms with Crippen molar-refractivity contribution < 1.29 is 66.6 Å². The topological polar surface area (TPSA) is 213 Å². The van der Waals surface area contributed by atoms with E-state index in [2.05, 4.69) is 16.0 Å². The molecule has 2 heterocycles. The van der Waals surface area contributed by atoms with Crippen LogP contribution >= 0.6 is 11.3 Å². The third kappa shape index (κ3) is 25.8. The van der Waals surface area contributed by atoms with Crippen LogP contribution in [0.5, 0.6) is 0 Å². The molecule has 0 bridgehead atoms. The maximum Gasteiger partial charge on any atom is 0.308 e. The lowest BCUT2D eigenvalue weighted by Gasteiger charge is -2.28. The normalized spacial score (nSPS) is 14.8. The molecule has 0 saturated heterocycles. The molecule has 0 spiro atoms. The average Bonchev–Trinajstić information content (AvgIpc) is 3.97. The van der Waals surface area contributed by atoms with Crippen molar-refractivity contribution in [3.63, 3.8) is 0 Å². The molecule has 1 aliphatic carbocycles. The number of hydrogen-bond acceptors (Lipinski definition) is 15. The highest BCUT2D eigenvalue weighted by Crippen LogP contribution is 2.28. The number of esters is 1. The van der Waals surface area contributed by atoms with E-state index in [1.54, 1.807) is 16.2 Å². The van der Waals surface area contributed by atoms with Gasteiger partial charge in [0.2, 0.25) is 17.7 Å². The number of aromatic nitrogens is 1. The zero-order chi connectivity index (χ0) is 53.2. The van der Waals surface area contributed by atoms with E-state index < -0.39 is 5.60 Å². The summed E-state index contributed by atoms with van der Waals surface area (Å²) in [4.78, 5) is 65.9. The van der Waals surface area contributed by atoms with Gasteiger partial charge in [-0.3, -0.25) is 24.0 Å².